The molecule has 0 atom stereocenters. The Morgan fingerprint density at radius 3 is 2.83 bits per heavy atom. The fourth-order valence-electron chi connectivity index (χ4n) is 1.64. The normalized spacial score (nSPS) is 10.1. The minimum Gasteiger partial charge on any atom is -0.389 e. The minimum absolute atomic E-state index is 0.386. The van der Waals surface area contributed by atoms with E-state index in [-0.39, 0.29) is 0 Å². The molecule has 0 radical (unpaired) electrons. The maximum absolute atomic E-state index is 5.67. The molecule has 1 aromatic carbocycles. The zero-order valence-corrected chi connectivity index (χ0v) is 10.9. The number of thiocarbonyl (C=S) groups is 1. The molecule has 0 aliphatic rings. The van der Waals surface area contributed by atoms with Crippen molar-refractivity contribution in [3.05, 3.63) is 53.6 Å². The van der Waals surface area contributed by atoms with Gasteiger partial charge in [0.1, 0.15) is 10.8 Å². The maximum atomic E-state index is 5.67. The van der Waals surface area contributed by atoms with Crippen LogP contribution >= 0.6 is 12.2 Å². The topological polar surface area (TPSA) is 63.8 Å². The van der Waals surface area contributed by atoms with Crippen LogP contribution in [0.4, 0.5) is 5.69 Å². The molecule has 0 aliphatic carbocycles. The van der Waals surface area contributed by atoms with Crippen LogP contribution < -0.4 is 11.1 Å². The number of aryl methyl sites for hydroxylation is 1. The summed E-state index contributed by atoms with van der Waals surface area (Å²) >= 11 is 5.01. The SMILES string of the molecule is Cc1nccc(CNc2ccccc2C(N)=S)n1. The third-order valence-electron chi connectivity index (χ3n) is 2.49. The molecule has 0 bridgehead atoms. The molecule has 1 heterocycles. The van der Waals surface area contributed by atoms with Crippen molar-refractivity contribution in [2.75, 3.05) is 5.32 Å². The monoisotopic (exact) mass is 258 g/mol. The Hall–Kier alpha value is -2.01. The summed E-state index contributed by atoms with van der Waals surface area (Å²) in [6, 6.07) is 9.58. The van der Waals surface area contributed by atoms with Crippen LogP contribution in [0.5, 0.6) is 0 Å². The molecule has 2 rings (SSSR count). The van der Waals surface area contributed by atoms with Crippen LogP contribution in [0.15, 0.2) is 36.5 Å². The largest absolute Gasteiger partial charge is 0.389 e. The quantitative estimate of drug-likeness (QED) is 0.822. The molecule has 4 nitrogen and oxygen atoms in total. The molecule has 0 fully saturated rings. The Kier molecular flexibility index (Phi) is 3.84. The van der Waals surface area contributed by atoms with Crippen LogP contribution in [0.3, 0.4) is 0 Å². The second kappa shape index (κ2) is 5.55. The van der Waals surface area contributed by atoms with Crippen LogP contribution in [0.25, 0.3) is 0 Å². The lowest BCUT2D eigenvalue weighted by Gasteiger charge is -2.10. The number of aromatic nitrogens is 2. The number of benzene rings is 1. The highest BCUT2D eigenvalue weighted by Crippen LogP contribution is 2.15. The number of hydrogen-bond acceptors (Lipinski definition) is 4. The third-order valence-corrected chi connectivity index (χ3v) is 2.71. The highest BCUT2D eigenvalue weighted by atomic mass is 32.1. The molecule has 0 saturated carbocycles. The van der Waals surface area contributed by atoms with E-state index < -0.39 is 0 Å². The molecule has 0 aliphatic heterocycles. The van der Waals surface area contributed by atoms with Gasteiger partial charge in [0.25, 0.3) is 0 Å². The summed E-state index contributed by atoms with van der Waals surface area (Å²) in [4.78, 5) is 8.77. The average Bonchev–Trinajstić information content (AvgIpc) is 2.37. The van der Waals surface area contributed by atoms with Gasteiger partial charge in [-0.1, -0.05) is 24.4 Å². The molecule has 1 aromatic heterocycles. The molecule has 0 amide bonds. The third kappa shape index (κ3) is 3.01. The van der Waals surface area contributed by atoms with Crippen LogP contribution in [-0.4, -0.2) is 15.0 Å². The van der Waals surface area contributed by atoms with Gasteiger partial charge in [-0.3, -0.25) is 0 Å². The van der Waals surface area contributed by atoms with E-state index in [9.17, 15) is 0 Å². The van der Waals surface area contributed by atoms with Crippen LogP contribution in [-0.2, 0) is 6.54 Å². The van der Waals surface area contributed by atoms with Crippen LogP contribution in [0.1, 0.15) is 17.1 Å². The fourth-order valence-corrected chi connectivity index (χ4v) is 1.82. The smallest absolute Gasteiger partial charge is 0.125 e. The number of anilines is 1. The molecule has 3 N–H and O–H groups in total. The molecule has 18 heavy (non-hydrogen) atoms. The first-order chi connectivity index (χ1) is 8.66. The second-order valence-corrected chi connectivity index (χ2v) is 4.30. The van der Waals surface area contributed by atoms with E-state index in [0.29, 0.717) is 11.5 Å². The number of nitrogens with zero attached hydrogens (tertiary/aromatic N) is 2. The van der Waals surface area contributed by atoms with Crippen molar-refractivity contribution in [1.82, 2.24) is 9.97 Å². The average molecular weight is 258 g/mol. The number of nitrogens with one attached hydrogen (secondary N) is 1. The summed E-state index contributed by atoms with van der Waals surface area (Å²) in [5.41, 5.74) is 8.37. The molecule has 0 saturated heterocycles. The molecule has 5 heteroatoms. The van der Waals surface area contributed by atoms with Gasteiger partial charge in [0.05, 0.1) is 12.2 Å². The number of nitrogens with two attached hydrogens (primary N) is 1. The van der Waals surface area contributed by atoms with Gasteiger partial charge in [-0.05, 0) is 25.1 Å². The van der Waals surface area contributed by atoms with Crippen LogP contribution in [0.2, 0.25) is 0 Å². The fraction of sp³-hybridized carbons (Fsp3) is 0.154. The highest BCUT2D eigenvalue weighted by Gasteiger charge is 2.04. The molecular weight excluding hydrogens is 244 g/mol. The van der Waals surface area contributed by atoms with Gasteiger partial charge in [0.2, 0.25) is 0 Å². The molecule has 0 spiro atoms. The number of hydrogen-bond donors (Lipinski definition) is 2. The maximum Gasteiger partial charge on any atom is 0.125 e. The summed E-state index contributed by atoms with van der Waals surface area (Å²) in [6.45, 7) is 2.48. The van der Waals surface area contributed by atoms with E-state index in [0.717, 1.165) is 22.8 Å². The van der Waals surface area contributed by atoms with E-state index in [1.807, 2.05) is 37.3 Å². The summed E-state index contributed by atoms with van der Waals surface area (Å²) in [5, 5.41) is 3.28. The van der Waals surface area contributed by atoms with Crippen molar-refractivity contribution in [3.63, 3.8) is 0 Å². The summed E-state index contributed by atoms with van der Waals surface area (Å²) in [7, 11) is 0. The van der Waals surface area contributed by atoms with Gasteiger partial charge in [0.15, 0.2) is 0 Å². The Morgan fingerprint density at radius 1 is 1.33 bits per heavy atom. The minimum atomic E-state index is 0.386. The molecular formula is C13H14N4S. The molecule has 92 valence electrons. The van der Waals surface area contributed by atoms with E-state index in [4.69, 9.17) is 18.0 Å². The van der Waals surface area contributed by atoms with Crippen molar-refractivity contribution < 1.29 is 0 Å². The first-order valence-corrected chi connectivity index (χ1v) is 5.99. The van der Waals surface area contributed by atoms with Crippen molar-refractivity contribution in [3.8, 4) is 0 Å². The summed E-state index contributed by atoms with van der Waals surface area (Å²) in [6.07, 6.45) is 1.75. The zero-order valence-electron chi connectivity index (χ0n) is 10.1. The van der Waals surface area contributed by atoms with Gasteiger partial charge in [-0.25, -0.2) is 9.97 Å². The van der Waals surface area contributed by atoms with E-state index in [2.05, 4.69) is 15.3 Å². The number of rotatable bonds is 4. The summed E-state index contributed by atoms with van der Waals surface area (Å²) in [5.74, 6) is 0.761. The standard InChI is InChI=1S/C13H14N4S/c1-9-15-7-6-10(17-9)8-16-12-5-3-2-4-11(12)13(14)18/h2-7,16H,8H2,1H3,(H2,14,18). The Bertz CT molecular complexity index is 568. The Labute approximate surface area is 111 Å². The van der Waals surface area contributed by atoms with Crippen LogP contribution in [0, 0.1) is 6.92 Å². The van der Waals surface area contributed by atoms with E-state index in [1.54, 1.807) is 6.20 Å². The Morgan fingerprint density at radius 2 is 2.11 bits per heavy atom. The van der Waals surface area contributed by atoms with Crippen molar-refractivity contribution >= 4 is 22.9 Å². The predicted octanol–water partition coefficient (Wildman–Crippen LogP) is 2.03. The first kappa shape index (κ1) is 12.4. The van der Waals surface area contributed by atoms with Gasteiger partial charge < -0.3 is 11.1 Å². The molecule has 2 aromatic rings. The zero-order chi connectivity index (χ0) is 13.0. The Balaban J connectivity index is 2.13. The van der Waals surface area contributed by atoms with Gasteiger partial charge >= 0.3 is 0 Å². The lowest BCUT2D eigenvalue weighted by Crippen LogP contribution is -2.13. The highest BCUT2D eigenvalue weighted by molar-refractivity contribution is 7.80. The van der Waals surface area contributed by atoms with Gasteiger partial charge in [0, 0.05) is 17.4 Å². The summed E-state index contributed by atoms with van der Waals surface area (Å²) < 4.78 is 0. The van der Waals surface area contributed by atoms with Gasteiger partial charge in [-0.2, -0.15) is 0 Å². The van der Waals surface area contributed by atoms with Crippen molar-refractivity contribution in [1.29, 1.82) is 0 Å². The van der Waals surface area contributed by atoms with Gasteiger partial charge in [-0.15, -0.1) is 0 Å². The van der Waals surface area contributed by atoms with E-state index >= 15 is 0 Å². The van der Waals surface area contributed by atoms with Crippen molar-refractivity contribution in [2.24, 2.45) is 5.73 Å². The lowest BCUT2D eigenvalue weighted by molar-refractivity contribution is 0.955. The van der Waals surface area contributed by atoms with Crippen molar-refractivity contribution in [2.45, 2.75) is 13.5 Å². The number of para-hydroxylation sites is 1. The van der Waals surface area contributed by atoms with E-state index in [1.165, 1.54) is 0 Å². The first-order valence-electron chi connectivity index (χ1n) is 5.58. The second-order valence-electron chi connectivity index (χ2n) is 3.86. The predicted molar refractivity (Wildman–Crippen MR) is 76.4 cm³/mol. The lowest BCUT2D eigenvalue weighted by atomic mass is 10.1. The molecule has 0 unspecified atom stereocenters.